The van der Waals surface area contributed by atoms with Crippen molar-refractivity contribution in [1.29, 1.82) is 0 Å². The van der Waals surface area contributed by atoms with Gasteiger partial charge in [0, 0.05) is 18.7 Å². The van der Waals surface area contributed by atoms with Crippen LogP contribution in [0.25, 0.3) is 0 Å². The fourth-order valence-corrected chi connectivity index (χ4v) is 2.11. The Morgan fingerprint density at radius 3 is 2.94 bits per heavy atom. The van der Waals surface area contributed by atoms with Crippen LogP contribution in [0.3, 0.4) is 0 Å². The van der Waals surface area contributed by atoms with Gasteiger partial charge in [-0.1, -0.05) is 0 Å². The van der Waals surface area contributed by atoms with E-state index in [9.17, 15) is 9.59 Å². The molecule has 1 saturated heterocycles. The Kier molecular flexibility index (Phi) is 3.66. The second-order valence-corrected chi connectivity index (χ2v) is 4.58. The molecule has 1 atom stereocenters. The van der Waals surface area contributed by atoms with Crippen LogP contribution in [0.1, 0.15) is 33.8 Å². The number of carbonyl (C=O) groups excluding carboxylic acids is 1. The number of nitrogens with one attached hydrogen (secondary N) is 1. The van der Waals surface area contributed by atoms with Crippen molar-refractivity contribution in [2.75, 3.05) is 20.1 Å². The minimum Gasteiger partial charge on any atom is -0.478 e. The molecule has 2 rings (SSSR count). The van der Waals surface area contributed by atoms with Crippen molar-refractivity contribution in [1.82, 2.24) is 10.2 Å². The second-order valence-electron chi connectivity index (χ2n) is 4.58. The van der Waals surface area contributed by atoms with E-state index in [2.05, 4.69) is 10.2 Å². The number of nitrogens with zero attached hydrogens (tertiary/aromatic N) is 1. The normalized spacial score (nSPS) is 20.6. The molecule has 98 valence electrons. The maximum atomic E-state index is 11.8. The number of hydrogen-bond acceptors (Lipinski definition) is 4. The quantitative estimate of drug-likeness (QED) is 0.831. The van der Waals surface area contributed by atoms with E-state index in [1.165, 1.54) is 6.07 Å². The van der Waals surface area contributed by atoms with Crippen LogP contribution in [-0.4, -0.2) is 48.1 Å². The molecule has 18 heavy (non-hydrogen) atoms. The van der Waals surface area contributed by atoms with Gasteiger partial charge in [-0.05, 0) is 26.4 Å². The average molecular weight is 252 g/mol. The Hall–Kier alpha value is -1.82. The van der Waals surface area contributed by atoms with Crippen molar-refractivity contribution >= 4 is 11.9 Å². The minimum atomic E-state index is -1.10. The van der Waals surface area contributed by atoms with Gasteiger partial charge >= 0.3 is 5.97 Å². The molecule has 0 aromatic carbocycles. The van der Waals surface area contributed by atoms with Crippen molar-refractivity contribution < 1.29 is 19.1 Å². The summed E-state index contributed by atoms with van der Waals surface area (Å²) in [7, 11) is 2.01. The first-order valence-electron chi connectivity index (χ1n) is 5.87. The summed E-state index contributed by atoms with van der Waals surface area (Å²) in [6, 6.07) is 1.33. The maximum absolute atomic E-state index is 11.8. The lowest BCUT2D eigenvalue weighted by atomic mass is 10.1. The zero-order valence-corrected chi connectivity index (χ0v) is 10.2. The van der Waals surface area contributed by atoms with Gasteiger partial charge in [0.15, 0.2) is 5.76 Å². The molecule has 1 amide bonds. The van der Waals surface area contributed by atoms with E-state index >= 15 is 0 Å². The first-order chi connectivity index (χ1) is 8.56. The molecule has 1 unspecified atom stereocenters. The molecule has 1 fully saturated rings. The number of carbonyl (C=O) groups is 2. The SMILES string of the molecule is CN1CCCC(NC(=O)c2cc(C(=O)O)co2)C1. The zero-order chi connectivity index (χ0) is 13.1. The van der Waals surface area contributed by atoms with Crippen molar-refractivity contribution in [3.63, 3.8) is 0 Å². The number of amides is 1. The van der Waals surface area contributed by atoms with Gasteiger partial charge in [0.1, 0.15) is 6.26 Å². The van der Waals surface area contributed by atoms with E-state index in [0.717, 1.165) is 32.2 Å². The predicted molar refractivity (Wildman–Crippen MR) is 63.7 cm³/mol. The highest BCUT2D eigenvalue weighted by molar-refractivity contribution is 5.95. The van der Waals surface area contributed by atoms with E-state index in [4.69, 9.17) is 9.52 Å². The molecule has 0 aliphatic carbocycles. The number of rotatable bonds is 3. The summed E-state index contributed by atoms with van der Waals surface area (Å²) in [6.07, 6.45) is 3.05. The highest BCUT2D eigenvalue weighted by Crippen LogP contribution is 2.11. The lowest BCUT2D eigenvalue weighted by Gasteiger charge is -2.29. The molecule has 1 aromatic heterocycles. The average Bonchev–Trinajstić information content (AvgIpc) is 2.78. The fraction of sp³-hybridized carbons (Fsp3) is 0.500. The van der Waals surface area contributed by atoms with E-state index in [-0.39, 0.29) is 23.3 Å². The van der Waals surface area contributed by atoms with E-state index in [0.29, 0.717) is 0 Å². The van der Waals surface area contributed by atoms with Crippen molar-refractivity contribution in [2.24, 2.45) is 0 Å². The summed E-state index contributed by atoms with van der Waals surface area (Å²) in [4.78, 5) is 24.7. The highest BCUT2D eigenvalue weighted by atomic mass is 16.4. The van der Waals surface area contributed by atoms with Crippen molar-refractivity contribution in [3.05, 3.63) is 23.7 Å². The van der Waals surface area contributed by atoms with Crippen LogP contribution in [0, 0.1) is 0 Å². The van der Waals surface area contributed by atoms with Crippen LogP contribution >= 0.6 is 0 Å². The summed E-state index contributed by atoms with van der Waals surface area (Å²) >= 11 is 0. The largest absolute Gasteiger partial charge is 0.478 e. The second kappa shape index (κ2) is 5.22. The maximum Gasteiger partial charge on any atom is 0.338 e. The molecular weight excluding hydrogens is 236 g/mol. The molecule has 2 N–H and O–H groups in total. The van der Waals surface area contributed by atoms with Gasteiger partial charge in [0.05, 0.1) is 5.56 Å². The molecule has 0 bridgehead atoms. The van der Waals surface area contributed by atoms with Crippen LogP contribution < -0.4 is 5.32 Å². The lowest BCUT2D eigenvalue weighted by Crippen LogP contribution is -2.46. The summed E-state index contributed by atoms with van der Waals surface area (Å²) in [6.45, 7) is 1.84. The molecule has 6 heteroatoms. The first kappa shape index (κ1) is 12.6. The number of carboxylic acids is 1. The van der Waals surface area contributed by atoms with Crippen LogP contribution in [0.15, 0.2) is 16.7 Å². The highest BCUT2D eigenvalue weighted by Gasteiger charge is 2.21. The Morgan fingerprint density at radius 2 is 2.33 bits per heavy atom. The smallest absolute Gasteiger partial charge is 0.338 e. The third kappa shape index (κ3) is 2.89. The molecular formula is C12H16N2O4. The Balaban J connectivity index is 1.96. The molecule has 0 spiro atoms. The number of likely N-dealkylation sites (tertiary alicyclic amines) is 1. The number of hydrogen-bond donors (Lipinski definition) is 2. The van der Waals surface area contributed by atoms with Gasteiger partial charge in [0.25, 0.3) is 5.91 Å². The monoisotopic (exact) mass is 252 g/mol. The summed E-state index contributed by atoms with van der Waals surface area (Å²) in [5.41, 5.74) is -0.0130. The minimum absolute atomic E-state index is 0.0130. The Labute approximate surface area is 105 Å². The Bertz CT molecular complexity index is 455. The van der Waals surface area contributed by atoms with Gasteiger partial charge in [0.2, 0.25) is 0 Å². The zero-order valence-electron chi connectivity index (χ0n) is 10.2. The summed E-state index contributed by atoms with van der Waals surface area (Å²) < 4.78 is 4.95. The number of piperidine rings is 1. The van der Waals surface area contributed by atoms with E-state index in [1.807, 2.05) is 7.05 Å². The van der Waals surface area contributed by atoms with Crippen molar-refractivity contribution in [3.8, 4) is 0 Å². The third-order valence-electron chi connectivity index (χ3n) is 3.03. The summed E-state index contributed by atoms with van der Waals surface area (Å²) in [5, 5.41) is 11.6. The van der Waals surface area contributed by atoms with Crippen molar-refractivity contribution in [2.45, 2.75) is 18.9 Å². The molecule has 1 aliphatic heterocycles. The number of furan rings is 1. The molecule has 0 saturated carbocycles. The Morgan fingerprint density at radius 1 is 1.56 bits per heavy atom. The van der Waals surface area contributed by atoms with Crippen LogP contribution in [-0.2, 0) is 0 Å². The van der Waals surface area contributed by atoms with Crippen LogP contribution in [0.4, 0.5) is 0 Å². The van der Waals surface area contributed by atoms with Crippen LogP contribution in [0.2, 0.25) is 0 Å². The lowest BCUT2D eigenvalue weighted by molar-refractivity contribution is 0.0695. The topological polar surface area (TPSA) is 82.8 Å². The number of aromatic carboxylic acids is 1. The van der Waals surface area contributed by atoms with Gasteiger partial charge in [-0.15, -0.1) is 0 Å². The van der Waals surface area contributed by atoms with Gasteiger partial charge in [-0.2, -0.15) is 0 Å². The van der Waals surface area contributed by atoms with Crippen LogP contribution in [0.5, 0.6) is 0 Å². The first-order valence-corrected chi connectivity index (χ1v) is 5.87. The van der Waals surface area contributed by atoms with Gasteiger partial charge in [-0.25, -0.2) is 4.79 Å². The number of likely N-dealkylation sites (N-methyl/N-ethyl adjacent to an activating group) is 1. The van der Waals surface area contributed by atoms with E-state index in [1.54, 1.807) is 0 Å². The molecule has 6 nitrogen and oxygen atoms in total. The number of carboxylic acid groups (broad SMARTS) is 1. The van der Waals surface area contributed by atoms with Gasteiger partial charge < -0.3 is 19.7 Å². The molecule has 1 aliphatic rings. The van der Waals surface area contributed by atoms with E-state index < -0.39 is 5.97 Å². The fourth-order valence-electron chi connectivity index (χ4n) is 2.11. The predicted octanol–water partition coefficient (Wildman–Crippen LogP) is 0.802. The molecule has 2 heterocycles. The van der Waals surface area contributed by atoms with Gasteiger partial charge in [-0.3, -0.25) is 4.79 Å². The molecule has 0 radical (unpaired) electrons. The molecule has 1 aromatic rings. The summed E-state index contributed by atoms with van der Waals surface area (Å²) in [5.74, 6) is -1.42. The third-order valence-corrected chi connectivity index (χ3v) is 3.03. The standard InChI is InChI=1S/C12H16N2O4/c1-14-4-2-3-9(6-14)13-11(15)10-5-8(7-18-10)12(16)17/h5,7,9H,2-4,6H2,1H3,(H,13,15)(H,16,17).